The van der Waals surface area contributed by atoms with Crippen molar-refractivity contribution in [3.05, 3.63) is 35.4 Å². The molecule has 4 heteroatoms. The van der Waals surface area contributed by atoms with E-state index in [1.54, 1.807) is 7.05 Å². The van der Waals surface area contributed by atoms with Crippen LogP contribution in [0.1, 0.15) is 37.3 Å². The van der Waals surface area contributed by atoms with Gasteiger partial charge in [0, 0.05) is 13.6 Å². The fraction of sp³-hybridized carbons (Fsp3) is 0.467. The minimum atomic E-state index is -0.507. The molecule has 1 amide bonds. The Morgan fingerprint density at radius 3 is 2.26 bits per heavy atom. The van der Waals surface area contributed by atoms with Crippen LogP contribution in [-0.2, 0) is 20.9 Å². The van der Waals surface area contributed by atoms with E-state index in [4.69, 9.17) is 0 Å². The number of benzene rings is 1. The van der Waals surface area contributed by atoms with Crippen LogP contribution in [0.15, 0.2) is 24.3 Å². The zero-order valence-electron chi connectivity index (χ0n) is 12.0. The fourth-order valence-electron chi connectivity index (χ4n) is 1.70. The van der Waals surface area contributed by atoms with E-state index in [0.717, 1.165) is 5.56 Å². The van der Waals surface area contributed by atoms with Gasteiger partial charge in [-0.05, 0) is 17.0 Å². The normalized spacial score (nSPS) is 10.4. The molecule has 0 aliphatic heterocycles. The molecule has 4 nitrogen and oxygen atoms in total. The van der Waals surface area contributed by atoms with E-state index in [9.17, 15) is 9.59 Å². The van der Waals surface area contributed by atoms with Gasteiger partial charge >= 0.3 is 5.97 Å². The van der Waals surface area contributed by atoms with Crippen molar-refractivity contribution in [1.82, 2.24) is 4.90 Å². The molecule has 0 aliphatic carbocycles. The van der Waals surface area contributed by atoms with Crippen molar-refractivity contribution in [3.63, 3.8) is 0 Å². The molecular weight excluding hydrogens is 242 g/mol. The van der Waals surface area contributed by atoms with Gasteiger partial charge in [0.05, 0.1) is 7.11 Å². The third-order valence-electron chi connectivity index (χ3n) is 3.02. The maximum Gasteiger partial charge on any atom is 0.315 e. The molecule has 0 atom stereocenters. The van der Waals surface area contributed by atoms with Crippen LogP contribution in [0.2, 0.25) is 0 Å². The monoisotopic (exact) mass is 263 g/mol. The predicted molar refractivity (Wildman–Crippen MR) is 73.6 cm³/mol. The summed E-state index contributed by atoms with van der Waals surface area (Å²) < 4.78 is 4.48. The predicted octanol–water partition coefficient (Wildman–Crippen LogP) is 2.33. The number of carbonyl (C=O) groups is 2. The van der Waals surface area contributed by atoms with Gasteiger partial charge in [0.15, 0.2) is 0 Å². The molecule has 1 aromatic rings. The third-order valence-corrected chi connectivity index (χ3v) is 3.02. The van der Waals surface area contributed by atoms with E-state index in [0.29, 0.717) is 12.5 Å². The molecule has 0 radical (unpaired) electrons. The first kappa shape index (κ1) is 15.2. The lowest BCUT2D eigenvalue weighted by atomic mass is 10.0. The highest BCUT2D eigenvalue weighted by atomic mass is 16.5. The smallest absolute Gasteiger partial charge is 0.315 e. The van der Waals surface area contributed by atoms with Gasteiger partial charge in [-0.1, -0.05) is 38.1 Å². The number of hydrogen-bond donors (Lipinski definition) is 0. The summed E-state index contributed by atoms with van der Waals surface area (Å²) in [4.78, 5) is 24.3. The van der Waals surface area contributed by atoms with Gasteiger partial charge in [-0.2, -0.15) is 0 Å². The Morgan fingerprint density at radius 1 is 1.21 bits per heavy atom. The van der Waals surface area contributed by atoms with Crippen molar-refractivity contribution in [2.24, 2.45) is 0 Å². The first-order chi connectivity index (χ1) is 8.93. The van der Waals surface area contributed by atoms with Crippen LogP contribution < -0.4 is 0 Å². The standard InChI is InChI=1S/C15H21NO3/c1-11(2)13-7-5-12(6-8-13)10-16(3)14(17)9-15(18)19-4/h5-8,11H,9-10H2,1-4H3. The lowest BCUT2D eigenvalue weighted by molar-refractivity contribution is -0.146. The minimum Gasteiger partial charge on any atom is -0.469 e. The Labute approximate surface area is 114 Å². The summed E-state index contributed by atoms with van der Waals surface area (Å²) in [5, 5.41) is 0. The number of esters is 1. The average molecular weight is 263 g/mol. The van der Waals surface area contributed by atoms with Gasteiger partial charge in [0.2, 0.25) is 5.91 Å². The van der Waals surface area contributed by atoms with E-state index in [1.807, 2.05) is 12.1 Å². The van der Waals surface area contributed by atoms with Crippen LogP contribution >= 0.6 is 0 Å². The van der Waals surface area contributed by atoms with Crippen LogP contribution in [0.5, 0.6) is 0 Å². The molecule has 0 aliphatic rings. The van der Waals surface area contributed by atoms with Crippen LogP contribution in [-0.4, -0.2) is 30.9 Å². The summed E-state index contributed by atoms with van der Waals surface area (Å²) in [6, 6.07) is 8.16. The molecule has 104 valence electrons. The molecule has 0 N–H and O–H groups in total. The molecule has 0 heterocycles. The Balaban J connectivity index is 2.58. The number of ether oxygens (including phenoxy) is 1. The summed E-state index contributed by atoms with van der Waals surface area (Å²) in [6.07, 6.45) is -0.211. The molecule has 0 aromatic heterocycles. The third kappa shape index (κ3) is 4.73. The SMILES string of the molecule is COC(=O)CC(=O)N(C)Cc1ccc(C(C)C)cc1. The van der Waals surface area contributed by atoms with E-state index in [2.05, 4.69) is 30.7 Å². The van der Waals surface area contributed by atoms with Crippen molar-refractivity contribution in [1.29, 1.82) is 0 Å². The lowest BCUT2D eigenvalue weighted by Crippen LogP contribution is -2.28. The van der Waals surface area contributed by atoms with Gasteiger partial charge in [-0.3, -0.25) is 9.59 Å². The topological polar surface area (TPSA) is 46.6 Å². The average Bonchev–Trinajstić information content (AvgIpc) is 2.38. The number of rotatable bonds is 5. The summed E-state index contributed by atoms with van der Waals surface area (Å²) in [5.74, 6) is -0.250. The highest BCUT2D eigenvalue weighted by Gasteiger charge is 2.14. The van der Waals surface area contributed by atoms with Crippen molar-refractivity contribution in [3.8, 4) is 0 Å². The van der Waals surface area contributed by atoms with Crippen molar-refractivity contribution < 1.29 is 14.3 Å². The van der Waals surface area contributed by atoms with Crippen LogP contribution in [0.25, 0.3) is 0 Å². The van der Waals surface area contributed by atoms with Gasteiger partial charge in [0.25, 0.3) is 0 Å². The van der Waals surface area contributed by atoms with Crippen LogP contribution in [0.4, 0.5) is 0 Å². The Morgan fingerprint density at radius 2 is 1.79 bits per heavy atom. The number of methoxy groups -OCH3 is 1. The van der Waals surface area contributed by atoms with Gasteiger partial charge in [0.1, 0.15) is 6.42 Å². The van der Waals surface area contributed by atoms with Crippen LogP contribution in [0.3, 0.4) is 0 Å². The quantitative estimate of drug-likeness (QED) is 0.605. The van der Waals surface area contributed by atoms with E-state index in [1.165, 1.54) is 17.6 Å². The molecule has 0 fully saturated rings. The first-order valence-corrected chi connectivity index (χ1v) is 6.33. The Bertz CT molecular complexity index is 437. The lowest BCUT2D eigenvalue weighted by Gasteiger charge is -2.17. The highest BCUT2D eigenvalue weighted by molar-refractivity contribution is 5.94. The van der Waals surface area contributed by atoms with E-state index in [-0.39, 0.29) is 12.3 Å². The summed E-state index contributed by atoms with van der Waals surface area (Å²) in [6.45, 7) is 4.77. The number of nitrogens with zero attached hydrogens (tertiary/aromatic N) is 1. The number of carbonyl (C=O) groups excluding carboxylic acids is 2. The zero-order chi connectivity index (χ0) is 14.4. The largest absolute Gasteiger partial charge is 0.469 e. The molecule has 1 aromatic carbocycles. The Kier molecular flexibility index (Phi) is 5.55. The zero-order valence-corrected chi connectivity index (χ0v) is 12.0. The summed E-state index contributed by atoms with van der Waals surface area (Å²) in [5.41, 5.74) is 2.32. The van der Waals surface area contributed by atoms with Crippen molar-refractivity contribution in [2.75, 3.05) is 14.2 Å². The minimum absolute atomic E-state index is 0.211. The second-order valence-electron chi connectivity index (χ2n) is 4.90. The highest BCUT2D eigenvalue weighted by Crippen LogP contribution is 2.15. The summed E-state index contributed by atoms with van der Waals surface area (Å²) in [7, 11) is 2.96. The molecule has 19 heavy (non-hydrogen) atoms. The van der Waals surface area contributed by atoms with Crippen molar-refractivity contribution >= 4 is 11.9 Å². The second kappa shape index (κ2) is 6.92. The molecule has 0 saturated heterocycles. The Hall–Kier alpha value is -1.84. The molecule has 0 spiro atoms. The van der Waals surface area contributed by atoms with Gasteiger partial charge in [-0.25, -0.2) is 0 Å². The van der Waals surface area contributed by atoms with E-state index < -0.39 is 5.97 Å². The van der Waals surface area contributed by atoms with Gasteiger partial charge in [-0.15, -0.1) is 0 Å². The van der Waals surface area contributed by atoms with E-state index >= 15 is 0 Å². The first-order valence-electron chi connectivity index (χ1n) is 6.33. The molecule has 1 rings (SSSR count). The number of hydrogen-bond acceptors (Lipinski definition) is 3. The molecule has 0 unspecified atom stereocenters. The molecule has 0 bridgehead atoms. The fourth-order valence-corrected chi connectivity index (χ4v) is 1.70. The van der Waals surface area contributed by atoms with Crippen molar-refractivity contribution in [2.45, 2.75) is 32.7 Å². The maximum absolute atomic E-state index is 11.7. The molecule has 0 saturated carbocycles. The summed E-state index contributed by atoms with van der Waals surface area (Å²) >= 11 is 0. The van der Waals surface area contributed by atoms with Crippen LogP contribution in [0, 0.1) is 0 Å². The second-order valence-corrected chi connectivity index (χ2v) is 4.90. The maximum atomic E-state index is 11.7. The van der Waals surface area contributed by atoms with Gasteiger partial charge < -0.3 is 9.64 Å². The molecular formula is C15H21NO3. The number of amides is 1.